The van der Waals surface area contributed by atoms with Crippen molar-refractivity contribution in [2.24, 2.45) is 5.92 Å². The number of nitrogens with zero attached hydrogens (tertiary/aromatic N) is 2. The Balaban J connectivity index is 2.62. The predicted octanol–water partition coefficient (Wildman–Crippen LogP) is 2.99. The fraction of sp³-hybridized carbons (Fsp3) is 0.643. The molecule has 3 heteroatoms. The van der Waals surface area contributed by atoms with Gasteiger partial charge in [-0.2, -0.15) is 0 Å². The third kappa shape index (κ3) is 5.18. The molecule has 0 spiro atoms. The second-order valence-electron chi connectivity index (χ2n) is 4.80. The molecule has 1 aromatic rings. The largest absolute Gasteiger partial charge is 0.370 e. The molecule has 3 nitrogen and oxygen atoms in total. The van der Waals surface area contributed by atoms with E-state index in [1.165, 1.54) is 5.56 Å². The van der Waals surface area contributed by atoms with Crippen molar-refractivity contribution < 1.29 is 0 Å². The maximum atomic E-state index is 4.29. The van der Waals surface area contributed by atoms with E-state index in [1.54, 1.807) is 0 Å². The van der Waals surface area contributed by atoms with Crippen molar-refractivity contribution in [3.05, 3.63) is 23.9 Å². The molecule has 0 unspecified atom stereocenters. The maximum absolute atomic E-state index is 4.29. The molecule has 96 valence electrons. The summed E-state index contributed by atoms with van der Waals surface area (Å²) in [6.45, 7) is 13.0. The number of anilines is 1. The van der Waals surface area contributed by atoms with Crippen LogP contribution in [-0.2, 0) is 6.54 Å². The first-order chi connectivity index (χ1) is 8.15. The lowest BCUT2D eigenvalue weighted by atomic mass is 10.2. The minimum absolute atomic E-state index is 0.713. The van der Waals surface area contributed by atoms with Crippen LogP contribution in [-0.4, -0.2) is 29.5 Å². The predicted molar refractivity (Wildman–Crippen MR) is 74.2 cm³/mol. The highest BCUT2D eigenvalue weighted by Crippen LogP contribution is 2.10. The molecule has 1 rings (SSSR count). The number of aromatic nitrogens is 1. The molecular formula is C14H25N3. The van der Waals surface area contributed by atoms with E-state index in [4.69, 9.17) is 0 Å². The van der Waals surface area contributed by atoms with Gasteiger partial charge in [-0.3, -0.25) is 4.90 Å². The Morgan fingerprint density at radius 1 is 1.35 bits per heavy atom. The molecule has 1 N–H and O–H groups in total. The number of rotatable bonds is 7. The molecule has 0 bridgehead atoms. The van der Waals surface area contributed by atoms with Crippen LogP contribution in [0, 0.1) is 5.92 Å². The zero-order valence-corrected chi connectivity index (χ0v) is 11.5. The van der Waals surface area contributed by atoms with E-state index in [-0.39, 0.29) is 0 Å². The summed E-state index contributed by atoms with van der Waals surface area (Å²) in [6.07, 6.45) is 1.89. The van der Waals surface area contributed by atoms with Crippen molar-refractivity contribution in [1.29, 1.82) is 0 Å². The van der Waals surface area contributed by atoms with Crippen LogP contribution >= 0.6 is 0 Å². The molecule has 0 aromatic carbocycles. The van der Waals surface area contributed by atoms with E-state index in [0.717, 1.165) is 32.0 Å². The van der Waals surface area contributed by atoms with Crippen LogP contribution in [0.15, 0.2) is 18.3 Å². The first-order valence-electron chi connectivity index (χ1n) is 6.56. The van der Waals surface area contributed by atoms with Gasteiger partial charge in [-0.1, -0.05) is 20.8 Å². The zero-order chi connectivity index (χ0) is 12.7. The minimum Gasteiger partial charge on any atom is -0.370 e. The second-order valence-corrected chi connectivity index (χ2v) is 4.80. The van der Waals surface area contributed by atoms with Crippen LogP contribution in [0.3, 0.4) is 0 Å². The highest BCUT2D eigenvalue weighted by atomic mass is 15.1. The van der Waals surface area contributed by atoms with Gasteiger partial charge in [0.05, 0.1) is 0 Å². The standard InChI is InChI=1S/C14H25N3/c1-5-15-14-9-13(7-8-16-14)11-17(6-2)10-12(3)4/h7-9,12H,5-6,10-11H2,1-4H3,(H,15,16). The molecular weight excluding hydrogens is 210 g/mol. The molecule has 0 amide bonds. The van der Waals surface area contributed by atoms with Gasteiger partial charge in [-0.25, -0.2) is 4.98 Å². The number of pyridine rings is 1. The molecule has 0 aliphatic heterocycles. The maximum Gasteiger partial charge on any atom is 0.126 e. The average molecular weight is 235 g/mol. The van der Waals surface area contributed by atoms with Crippen LogP contribution in [0.5, 0.6) is 0 Å². The summed E-state index contributed by atoms with van der Waals surface area (Å²) in [5.74, 6) is 1.69. The van der Waals surface area contributed by atoms with Crippen LogP contribution < -0.4 is 5.32 Å². The summed E-state index contributed by atoms with van der Waals surface area (Å²) < 4.78 is 0. The third-order valence-corrected chi connectivity index (χ3v) is 2.66. The molecule has 0 aliphatic rings. The minimum atomic E-state index is 0.713. The number of hydrogen-bond acceptors (Lipinski definition) is 3. The third-order valence-electron chi connectivity index (χ3n) is 2.66. The lowest BCUT2D eigenvalue weighted by Gasteiger charge is -2.22. The summed E-state index contributed by atoms with van der Waals surface area (Å²) in [6, 6.07) is 4.25. The van der Waals surface area contributed by atoms with Gasteiger partial charge in [0, 0.05) is 25.8 Å². The highest BCUT2D eigenvalue weighted by molar-refractivity contribution is 5.37. The molecule has 1 heterocycles. The van der Waals surface area contributed by atoms with Gasteiger partial charge in [-0.15, -0.1) is 0 Å². The molecule has 0 saturated heterocycles. The van der Waals surface area contributed by atoms with Gasteiger partial charge >= 0.3 is 0 Å². The van der Waals surface area contributed by atoms with E-state index in [0.29, 0.717) is 5.92 Å². The SMILES string of the molecule is CCNc1cc(CN(CC)CC(C)C)ccn1. The van der Waals surface area contributed by atoms with E-state index in [1.807, 2.05) is 6.20 Å². The van der Waals surface area contributed by atoms with Gasteiger partial charge in [0.15, 0.2) is 0 Å². The van der Waals surface area contributed by atoms with Crippen molar-refractivity contribution in [3.8, 4) is 0 Å². The molecule has 0 fully saturated rings. The van der Waals surface area contributed by atoms with Crippen molar-refractivity contribution in [1.82, 2.24) is 9.88 Å². The summed E-state index contributed by atoms with van der Waals surface area (Å²) in [7, 11) is 0. The Kier molecular flexibility index (Phi) is 5.98. The smallest absolute Gasteiger partial charge is 0.126 e. The van der Waals surface area contributed by atoms with Crippen LogP contribution in [0.2, 0.25) is 0 Å². The first-order valence-corrected chi connectivity index (χ1v) is 6.56. The van der Waals surface area contributed by atoms with E-state index < -0.39 is 0 Å². The van der Waals surface area contributed by atoms with Crippen LogP contribution in [0.1, 0.15) is 33.3 Å². The first kappa shape index (κ1) is 14.0. The second kappa shape index (κ2) is 7.28. The molecule has 0 atom stereocenters. The quantitative estimate of drug-likeness (QED) is 0.787. The van der Waals surface area contributed by atoms with Crippen molar-refractivity contribution in [2.45, 2.75) is 34.2 Å². The molecule has 17 heavy (non-hydrogen) atoms. The Labute approximate surface area is 105 Å². The lowest BCUT2D eigenvalue weighted by Crippen LogP contribution is -2.27. The van der Waals surface area contributed by atoms with Gasteiger partial charge < -0.3 is 5.32 Å². The normalized spacial score (nSPS) is 11.2. The highest BCUT2D eigenvalue weighted by Gasteiger charge is 2.06. The Hall–Kier alpha value is -1.09. The molecule has 0 aliphatic carbocycles. The lowest BCUT2D eigenvalue weighted by molar-refractivity contribution is 0.248. The van der Waals surface area contributed by atoms with Gasteiger partial charge in [0.1, 0.15) is 5.82 Å². The summed E-state index contributed by atoms with van der Waals surface area (Å²) in [4.78, 5) is 6.76. The summed E-state index contributed by atoms with van der Waals surface area (Å²) in [5, 5.41) is 3.25. The fourth-order valence-corrected chi connectivity index (χ4v) is 1.93. The topological polar surface area (TPSA) is 28.2 Å². The van der Waals surface area contributed by atoms with Crippen molar-refractivity contribution >= 4 is 5.82 Å². The molecule has 1 aromatic heterocycles. The van der Waals surface area contributed by atoms with Gasteiger partial charge in [0.2, 0.25) is 0 Å². The van der Waals surface area contributed by atoms with Gasteiger partial charge in [-0.05, 0) is 37.1 Å². The van der Waals surface area contributed by atoms with E-state index in [9.17, 15) is 0 Å². The Bertz CT molecular complexity index is 323. The number of hydrogen-bond donors (Lipinski definition) is 1. The molecule has 0 saturated carbocycles. The summed E-state index contributed by atoms with van der Waals surface area (Å²) >= 11 is 0. The fourth-order valence-electron chi connectivity index (χ4n) is 1.93. The Morgan fingerprint density at radius 2 is 2.12 bits per heavy atom. The van der Waals surface area contributed by atoms with Crippen LogP contribution in [0.25, 0.3) is 0 Å². The van der Waals surface area contributed by atoms with E-state index >= 15 is 0 Å². The Morgan fingerprint density at radius 3 is 2.71 bits per heavy atom. The van der Waals surface area contributed by atoms with Crippen molar-refractivity contribution in [2.75, 3.05) is 25.0 Å². The van der Waals surface area contributed by atoms with Gasteiger partial charge in [0.25, 0.3) is 0 Å². The number of nitrogens with one attached hydrogen (secondary N) is 1. The van der Waals surface area contributed by atoms with E-state index in [2.05, 4.69) is 55.0 Å². The zero-order valence-electron chi connectivity index (χ0n) is 11.5. The summed E-state index contributed by atoms with van der Waals surface area (Å²) in [5.41, 5.74) is 1.33. The van der Waals surface area contributed by atoms with Crippen molar-refractivity contribution in [3.63, 3.8) is 0 Å². The average Bonchev–Trinajstić information content (AvgIpc) is 2.28. The molecule has 0 radical (unpaired) electrons. The van der Waals surface area contributed by atoms with Crippen LogP contribution in [0.4, 0.5) is 5.82 Å². The monoisotopic (exact) mass is 235 g/mol.